The lowest BCUT2D eigenvalue weighted by atomic mass is 10.0. The highest BCUT2D eigenvalue weighted by Gasteiger charge is 2.34. The van der Waals surface area contributed by atoms with E-state index in [-0.39, 0.29) is 11.9 Å². The largest absolute Gasteiger partial charge is 0.345 e. The minimum Gasteiger partial charge on any atom is -0.345 e. The zero-order chi connectivity index (χ0) is 17.2. The van der Waals surface area contributed by atoms with Crippen LogP contribution in [0.3, 0.4) is 0 Å². The first-order valence-electron chi connectivity index (χ1n) is 8.70. The second-order valence-electron chi connectivity index (χ2n) is 6.59. The van der Waals surface area contributed by atoms with Gasteiger partial charge in [-0.3, -0.25) is 4.79 Å². The molecule has 1 amide bonds. The quantitative estimate of drug-likeness (QED) is 0.766. The Morgan fingerprint density at radius 3 is 2.36 bits per heavy atom. The van der Waals surface area contributed by atoms with Crippen molar-refractivity contribution in [2.45, 2.75) is 25.8 Å². The van der Waals surface area contributed by atoms with Gasteiger partial charge in [-0.25, -0.2) is 4.68 Å². The number of nitrogens with zero attached hydrogens (tertiary/aromatic N) is 2. The van der Waals surface area contributed by atoms with Crippen molar-refractivity contribution in [3.05, 3.63) is 83.7 Å². The highest BCUT2D eigenvalue weighted by Crippen LogP contribution is 2.41. The molecule has 0 aliphatic heterocycles. The van der Waals surface area contributed by atoms with Crippen molar-refractivity contribution in [3.8, 4) is 5.69 Å². The van der Waals surface area contributed by atoms with Crippen LogP contribution >= 0.6 is 0 Å². The van der Waals surface area contributed by atoms with Crippen molar-refractivity contribution in [2.75, 3.05) is 0 Å². The lowest BCUT2D eigenvalue weighted by Crippen LogP contribution is -2.30. The van der Waals surface area contributed by atoms with Crippen LogP contribution in [-0.4, -0.2) is 15.7 Å². The summed E-state index contributed by atoms with van der Waals surface area (Å²) in [4.78, 5) is 12.9. The Morgan fingerprint density at radius 1 is 1.08 bits per heavy atom. The van der Waals surface area contributed by atoms with Crippen molar-refractivity contribution in [2.24, 2.45) is 5.92 Å². The van der Waals surface area contributed by atoms with E-state index >= 15 is 0 Å². The first-order valence-corrected chi connectivity index (χ1v) is 8.70. The average Bonchev–Trinajstić information content (AvgIpc) is 3.42. The molecule has 0 unspecified atom stereocenters. The molecule has 1 heterocycles. The molecule has 0 bridgehead atoms. The molecule has 4 heteroatoms. The molecule has 3 aromatic rings. The van der Waals surface area contributed by atoms with Gasteiger partial charge in [0, 0.05) is 0 Å². The molecule has 126 valence electrons. The summed E-state index contributed by atoms with van der Waals surface area (Å²) in [5, 5.41) is 7.63. The smallest absolute Gasteiger partial charge is 0.255 e. The highest BCUT2D eigenvalue weighted by atomic mass is 16.1. The number of aromatic nitrogens is 2. The van der Waals surface area contributed by atoms with Crippen LogP contribution < -0.4 is 5.32 Å². The average molecular weight is 331 g/mol. The van der Waals surface area contributed by atoms with Crippen molar-refractivity contribution in [1.29, 1.82) is 0 Å². The Labute approximate surface area is 147 Å². The van der Waals surface area contributed by atoms with Gasteiger partial charge in [0.25, 0.3) is 5.91 Å². The number of amides is 1. The van der Waals surface area contributed by atoms with Gasteiger partial charge in [-0.05, 0) is 43.4 Å². The van der Waals surface area contributed by atoms with Crippen LogP contribution in [-0.2, 0) is 0 Å². The summed E-state index contributed by atoms with van der Waals surface area (Å²) in [6, 6.07) is 20.2. The monoisotopic (exact) mass is 331 g/mol. The molecule has 0 saturated heterocycles. The standard InChI is InChI=1S/C21H21N3O/c1-15-19(14-22-24(15)18-10-6-3-7-11-18)21(25)23-20(17-12-13-17)16-8-4-2-5-9-16/h2-11,14,17,20H,12-13H2,1H3,(H,23,25)/t20-/m0/s1. The molecule has 1 saturated carbocycles. The predicted molar refractivity (Wildman–Crippen MR) is 97.7 cm³/mol. The van der Waals surface area contributed by atoms with Gasteiger partial charge in [-0.1, -0.05) is 48.5 Å². The Morgan fingerprint density at radius 2 is 1.72 bits per heavy atom. The van der Waals surface area contributed by atoms with Gasteiger partial charge in [-0.2, -0.15) is 5.10 Å². The summed E-state index contributed by atoms with van der Waals surface area (Å²) in [5.41, 5.74) is 3.61. The second kappa shape index (κ2) is 6.55. The molecular weight excluding hydrogens is 310 g/mol. The van der Waals surface area contributed by atoms with Gasteiger partial charge in [-0.15, -0.1) is 0 Å². The van der Waals surface area contributed by atoms with Crippen LogP contribution in [0.5, 0.6) is 0 Å². The molecule has 4 rings (SSSR count). The molecule has 0 spiro atoms. The molecule has 1 atom stereocenters. The van der Waals surface area contributed by atoms with Gasteiger partial charge in [0.05, 0.1) is 29.2 Å². The van der Waals surface area contributed by atoms with E-state index in [2.05, 4.69) is 22.5 Å². The lowest BCUT2D eigenvalue weighted by Gasteiger charge is -2.18. The number of benzene rings is 2. The van der Waals surface area contributed by atoms with E-state index in [0.717, 1.165) is 11.4 Å². The van der Waals surface area contributed by atoms with Crippen LogP contribution in [0.25, 0.3) is 5.69 Å². The summed E-state index contributed by atoms with van der Waals surface area (Å²) in [7, 11) is 0. The van der Waals surface area contributed by atoms with Crippen molar-refractivity contribution in [3.63, 3.8) is 0 Å². The van der Waals surface area contributed by atoms with Crippen molar-refractivity contribution < 1.29 is 4.79 Å². The van der Waals surface area contributed by atoms with E-state index in [4.69, 9.17) is 0 Å². The number of nitrogens with one attached hydrogen (secondary N) is 1. The van der Waals surface area contributed by atoms with E-state index in [1.165, 1.54) is 18.4 Å². The summed E-state index contributed by atoms with van der Waals surface area (Å²) in [6.45, 7) is 1.93. The van der Waals surface area contributed by atoms with Gasteiger partial charge in [0.1, 0.15) is 0 Å². The number of carbonyl (C=O) groups is 1. The fraction of sp³-hybridized carbons (Fsp3) is 0.238. The summed E-state index contributed by atoms with van der Waals surface area (Å²) in [6.07, 6.45) is 4.00. The van der Waals surface area contributed by atoms with Gasteiger partial charge < -0.3 is 5.32 Å². The van der Waals surface area contributed by atoms with E-state index in [0.29, 0.717) is 11.5 Å². The lowest BCUT2D eigenvalue weighted by molar-refractivity contribution is 0.0931. The fourth-order valence-corrected chi connectivity index (χ4v) is 3.24. The van der Waals surface area contributed by atoms with Crippen molar-refractivity contribution in [1.82, 2.24) is 15.1 Å². The summed E-state index contributed by atoms with van der Waals surface area (Å²) < 4.78 is 1.81. The normalized spacial score (nSPS) is 14.9. The Kier molecular flexibility index (Phi) is 4.10. The topological polar surface area (TPSA) is 46.9 Å². The van der Waals surface area contributed by atoms with Crippen molar-refractivity contribution >= 4 is 5.91 Å². The predicted octanol–water partition coefficient (Wildman–Crippen LogP) is 4.06. The molecule has 1 aromatic heterocycles. The maximum atomic E-state index is 12.9. The first kappa shape index (κ1) is 15.6. The van der Waals surface area contributed by atoms with Gasteiger partial charge in [0.2, 0.25) is 0 Å². The molecule has 2 aromatic carbocycles. The van der Waals surface area contributed by atoms with Crippen LogP contribution in [0.2, 0.25) is 0 Å². The number of para-hydroxylation sites is 1. The second-order valence-corrected chi connectivity index (χ2v) is 6.59. The number of rotatable bonds is 5. The van der Waals surface area contributed by atoms with E-state index < -0.39 is 0 Å². The van der Waals surface area contributed by atoms with E-state index in [9.17, 15) is 4.79 Å². The maximum Gasteiger partial charge on any atom is 0.255 e. The first-order chi connectivity index (χ1) is 12.2. The molecule has 0 radical (unpaired) electrons. The zero-order valence-electron chi connectivity index (χ0n) is 14.2. The summed E-state index contributed by atoms with van der Waals surface area (Å²) >= 11 is 0. The molecule has 1 N–H and O–H groups in total. The molecule has 1 aliphatic carbocycles. The zero-order valence-corrected chi connectivity index (χ0v) is 14.2. The molecule has 1 fully saturated rings. The Hall–Kier alpha value is -2.88. The number of carbonyl (C=O) groups excluding carboxylic acids is 1. The number of hydrogen-bond acceptors (Lipinski definition) is 2. The van der Waals surface area contributed by atoms with Crippen LogP contribution in [0.4, 0.5) is 0 Å². The highest BCUT2D eigenvalue weighted by molar-refractivity contribution is 5.95. The molecular formula is C21H21N3O. The third-order valence-corrected chi connectivity index (χ3v) is 4.79. The van der Waals surface area contributed by atoms with Crippen LogP contribution in [0.1, 0.15) is 40.5 Å². The molecule has 1 aliphatic rings. The Balaban J connectivity index is 1.58. The summed E-state index contributed by atoms with van der Waals surface area (Å²) in [5.74, 6) is 0.483. The van der Waals surface area contributed by atoms with E-state index in [1.54, 1.807) is 6.20 Å². The Bertz CT molecular complexity index is 867. The third kappa shape index (κ3) is 3.20. The maximum absolute atomic E-state index is 12.9. The molecule has 4 nitrogen and oxygen atoms in total. The van der Waals surface area contributed by atoms with E-state index in [1.807, 2.05) is 60.1 Å². The minimum atomic E-state index is -0.0552. The number of hydrogen-bond donors (Lipinski definition) is 1. The van der Waals surface area contributed by atoms with Crippen LogP contribution in [0.15, 0.2) is 66.9 Å². The molecule has 25 heavy (non-hydrogen) atoms. The minimum absolute atomic E-state index is 0.0552. The van der Waals surface area contributed by atoms with Gasteiger partial charge in [0.15, 0.2) is 0 Å². The third-order valence-electron chi connectivity index (χ3n) is 4.79. The SMILES string of the molecule is Cc1c(C(=O)N[C@@H](c2ccccc2)C2CC2)cnn1-c1ccccc1. The van der Waals surface area contributed by atoms with Gasteiger partial charge >= 0.3 is 0 Å². The fourth-order valence-electron chi connectivity index (χ4n) is 3.24. The van der Waals surface area contributed by atoms with Crippen LogP contribution in [0, 0.1) is 12.8 Å².